The van der Waals surface area contributed by atoms with Crippen molar-refractivity contribution in [3.63, 3.8) is 0 Å². The zero-order valence-electron chi connectivity index (χ0n) is 9.08. The number of amides is 1. The highest BCUT2D eigenvalue weighted by Gasteiger charge is 2.08. The minimum absolute atomic E-state index is 0.199. The fourth-order valence-corrected chi connectivity index (χ4v) is 2.00. The summed E-state index contributed by atoms with van der Waals surface area (Å²) in [4.78, 5) is 12.0. The lowest BCUT2D eigenvalue weighted by molar-refractivity contribution is 0.102. The van der Waals surface area contributed by atoms with Crippen molar-refractivity contribution in [2.24, 2.45) is 0 Å². The SMILES string of the molecule is O=C(Nc1ccc(Cl)cc1)c1ccc(Cl)c(Br)c1. The second-order valence-corrected chi connectivity index (χ2v) is 5.29. The quantitative estimate of drug-likeness (QED) is 0.815. The normalized spacial score (nSPS) is 10.2. The van der Waals surface area contributed by atoms with Crippen molar-refractivity contribution < 1.29 is 4.79 Å². The first-order chi connectivity index (χ1) is 8.56. The van der Waals surface area contributed by atoms with E-state index in [-0.39, 0.29) is 5.91 Å². The topological polar surface area (TPSA) is 29.1 Å². The molecule has 18 heavy (non-hydrogen) atoms. The Balaban J connectivity index is 2.16. The number of anilines is 1. The van der Waals surface area contributed by atoms with Gasteiger partial charge in [0.1, 0.15) is 0 Å². The van der Waals surface area contributed by atoms with Gasteiger partial charge in [-0.3, -0.25) is 4.79 Å². The monoisotopic (exact) mass is 343 g/mol. The minimum atomic E-state index is -0.199. The first-order valence-corrected chi connectivity index (χ1v) is 6.63. The van der Waals surface area contributed by atoms with Crippen molar-refractivity contribution in [2.75, 3.05) is 5.32 Å². The van der Waals surface area contributed by atoms with Crippen LogP contribution in [0, 0.1) is 0 Å². The minimum Gasteiger partial charge on any atom is -0.322 e. The van der Waals surface area contributed by atoms with Gasteiger partial charge < -0.3 is 5.32 Å². The van der Waals surface area contributed by atoms with Crippen molar-refractivity contribution in [3.05, 3.63) is 62.5 Å². The molecular weight excluding hydrogens is 337 g/mol. The summed E-state index contributed by atoms with van der Waals surface area (Å²) < 4.78 is 0.688. The Labute approximate surface area is 123 Å². The van der Waals surface area contributed by atoms with E-state index in [4.69, 9.17) is 23.2 Å². The van der Waals surface area contributed by atoms with Crippen LogP contribution in [0.4, 0.5) is 5.69 Å². The Morgan fingerprint density at radius 2 is 1.72 bits per heavy atom. The standard InChI is InChI=1S/C13H8BrCl2NO/c14-11-7-8(1-6-12(11)16)13(18)17-10-4-2-9(15)3-5-10/h1-7H,(H,17,18). The van der Waals surface area contributed by atoms with Crippen LogP contribution in [0.5, 0.6) is 0 Å². The van der Waals surface area contributed by atoms with E-state index < -0.39 is 0 Å². The molecule has 0 bridgehead atoms. The number of hydrogen-bond acceptors (Lipinski definition) is 1. The summed E-state index contributed by atoms with van der Waals surface area (Å²) in [5.41, 5.74) is 1.22. The number of carbonyl (C=O) groups is 1. The van der Waals surface area contributed by atoms with Crippen molar-refractivity contribution in [1.29, 1.82) is 0 Å². The van der Waals surface area contributed by atoms with E-state index >= 15 is 0 Å². The molecule has 0 heterocycles. The zero-order chi connectivity index (χ0) is 13.1. The lowest BCUT2D eigenvalue weighted by Gasteiger charge is -2.06. The van der Waals surface area contributed by atoms with E-state index in [1.54, 1.807) is 42.5 Å². The smallest absolute Gasteiger partial charge is 0.255 e. The van der Waals surface area contributed by atoms with Crippen LogP contribution in [-0.2, 0) is 0 Å². The summed E-state index contributed by atoms with van der Waals surface area (Å²) in [6.45, 7) is 0. The molecule has 2 rings (SSSR count). The molecule has 0 saturated carbocycles. The van der Waals surface area contributed by atoms with Crippen LogP contribution in [-0.4, -0.2) is 5.91 Å². The Hall–Kier alpha value is -1.03. The van der Waals surface area contributed by atoms with Gasteiger partial charge in [0, 0.05) is 20.7 Å². The molecule has 0 atom stereocenters. The molecule has 2 nitrogen and oxygen atoms in total. The van der Waals surface area contributed by atoms with Crippen molar-refractivity contribution in [3.8, 4) is 0 Å². The average molecular weight is 345 g/mol. The van der Waals surface area contributed by atoms with Crippen LogP contribution in [0.2, 0.25) is 10.0 Å². The zero-order valence-corrected chi connectivity index (χ0v) is 12.2. The Morgan fingerprint density at radius 1 is 1.06 bits per heavy atom. The molecule has 0 unspecified atom stereocenters. The number of nitrogens with one attached hydrogen (secondary N) is 1. The molecule has 0 aliphatic heterocycles. The number of hydrogen-bond donors (Lipinski definition) is 1. The van der Waals surface area contributed by atoms with Gasteiger partial charge in [-0.25, -0.2) is 0 Å². The summed E-state index contributed by atoms with van der Waals surface area (Å²) in [5.74, 6) is -0.199. The molecule has 0 radical (unpaired) electrons. The molecule has 0 aliphatic carbocycles. The van der Waals surface area contributed by atoms with Gasteiger partial charge >= 0.3 is 0 Å². The number of carbonyl (C=O) groups excluding carboxylic acids is 1. The van der Waals surface area contributed by atoms with E-state index in [9.17, 15) is 4.79 Å². The highest BCUT2D eigenvalue weighted by molar-refractivity contribution is 9.10. The maximum atomic E-state index is 12.0. The van der Waals surface area contributed by atoms with Gasteiger partial charge in [-0.15, -0.1) is 0 Å². The fraction of sp³-hybridized carbons (Fsp3) is 0. The first kappa shape index (κ1) is 13.4. The third-order valence-corrected chi connectivity index (χ3v) is 3.75. The number of benzene rings is 2. The highest BCUT2D eigenvalue weighted by Crippen LogP contribution is 2.23. The van der Waals surface area contributed by atoms with Gasteiger partial charge in [0.2, 0.25) is 0 Å². The third-order valence-electron chi connectivity index (χ3n) is 2.28. The van der Waals surface area contributed by atoms with Gasteiger partial charge in [0.25, 0.3) is 5.91 Å². The molecule has 0 spiro atoms. The van der Waals surface area contributed by atoms with Crippen LogP contribution >= 0.6 is 39.1 Å². The second kappa shape index (κ2) is 5.74. The molecule has 2 aromatic carbocycles. The summed E-state index contributed by atoms with van der Waals surface area (Å²) in [7, 11) is 0. The Bertz CT molecular complexity index is 584. The molecule has 2 aromatic rings. The van der Waals surface area contributed by atoms with E-state index in [1.807, 2.05) is 0 Å². The Morgan fingerprint density at radius 3 is 2.33 bits per heavy atom. The van der Waals surface area contributed by atoms with Crippen LogP contribution in [0.15, 0.2) is 46.9 Å². The largest absolute Gasteiger partial charge is 0.322 e. The fourth-order valence-electron chi connectivity index (χ4n) is 1.37. The van der Waals surface area contributed by atoms with Crippen LogP contribution < -0.4 is 5.32 Å². The molecule has 5 heteroatoms. The maximum Gasteiger partial charge on any atom is 0.255 e. The molecular formula is C13H8BrCl2NO. The molecule has 0 aromatic heterocycles. The molecule has 92 valence electrons. The summed E-state index contributed by atoms with van der Waals surface area (Å²) in [6, 6.07) is 11.9. The summed E-state index contributed by atoms with van der Waals surface area (Å²) in [5, 5.41) is 3.97. The van der Waals surface area contributed by atoms with E-state index in [2.05, 4.69) is 21.2 Å². The van der Waals surface area contributed by atoms with Crippen LogP contribution in [0.25, 0.3) is 0 Å². The van der Waals surface area contributed by atoms with Gasteiger partial charge in [0.15, 0.2) is 0 Å². The average Bonchev–Trinajstić information content (AvgIpc) is 2.35. The molecule has 0 saturated heterocycles. The van der Waals surface area contributed by atoms with E-state index in [0.717, 1.165) is 0 Å². The lowest BCUT2D eigenvalue weighted by Crippen LogP contribution is -2.11. The van der Waals surface area contributed by atoms with Crippen molar-refractivity contribution >= 4 is 50.7 Å². The number of halogens is 3. The second-order valence-electron chi connectivity index (χ2n) is 3.59. The predicted molar refractivity (Wildman–Crippen MR) is 78.6 cm³/mol. The van der Waals surface area contributed by atoms with Gasteiger partial charge in [-0.05, 0) is 58.4 Å². The number of rotatable bonds is 2. The molecule has 1 N–H and O–H groups in total. The summed E-state index contributed by atoms with van der Waals surface area (Å²) in [6.07, 6.45) is 0. The Kier molecular flexibility index (Phi) is 4.27. The lowest BCUT2D eigenvalue weighted by atomic mass is 10.2. The summed E-state index contributed by atoms with van der Waals surface area (Å²) >= 11 is 14.9. The maximum absolute atomic E-state index is 12.0. The van der Waals surface area contributed by atoms with Crippen LogP contribution in [0.3, 0.4) is 0 Å². The third kappa shape index (κ3) is 3.25. The molecule has 1 amide bonds. The first-order valence-electron chi connectivity index (χ1n) is 5.08. The molecule has 0 fully saturated rings. The highest BCUT2D eigenvalue weighted by atomic mass is 79.9. The van der Waals surface area contributed by atoms with E-state index in [0.29, 0.717) is 25.8 Å². The van der Waals surface area contributed by atoms with Gasteiger partial charge in [-0.2, -0.15) is 0 Å². The van der Waals surface area contributed by atoms with Crippen molar-refractivity contribution in [1.82, 2.24) is 0 Å². The van der Waals surface area contributed by atoms with Crippen LogP contribution in [0.1, 0.15) is 10.4 Å². The predicted octanol–water partition coefficient (Wildman–Crippen LogP) is 5.01. The molecule has 0 aliphatic rings. The van der Waals surface area contributed by atoms with E-state index in [1.165, 1.54) is 0 Å². The van der Waals surface area contributed by atoms with Gasteiger partial charge in [0.05, 0.1) is 5.02 Å². The van der Waals surface area contributed by atoms with Crippen molar-refractivity contribution in [2.45, 2.75) is 0 Å². The van der Waals surface area contributed by atoms with Gasteiger partial charge in [-0.1, -0.05) is 23.2 Å².